The SMILES string of the molecule is CCc1ccc([C@@H]([NH2+][C@@H](C)C(=O)Nc2cccc(C(C)=O)c2)C(C)C)cc1. The van der Waals surface area contributed by atoms with Crippen LogP contribution in [0.1, 0.15) is 62.1 Å². The van der Waals surface area contributed by atoms with Gasteiger partial charge in [0.2, 0.25) is 0 Å². The second-order valence-corrected chi connectivity index (χ2v) is 7.47. The fourth-order valence-corrected chi connectivity index (χ4v) is 3.16. The Bertz CT molecular complexity index is 781. The van der Waals surface area contributed by atoms with Gasteiger partial charge in [0.1, 0.15) is 6.04 Å². The molecule has 1 amide bonds. The first-order chi connectivity index (χ1) is 12.8. The fraction of sp³-hybridized carbons (Fsp3) is 0.391. The van der Waals surface area contributed by atoms with Crippen LogP contribution in [0.3, 0.4) is 0 Å². The minimum absolute atomic E-state index is 0.0129. The normalized spacial score (nSPS) is 13.3. The molecule has 2 aromatic carbocycles. The van der Waals surface area contributed by atoms with Gasteiger partial charge in [-0.05, 0) is 38.0 Å². The maximum atomic E-state index is 12.7. The number of ketones is 1. The molecule has 2 rings (SSSR count). The van der Waals surface area contributed by atoms with Gasteiger partial charge in [0.25, 0.3) is 5.91 Å². The van der Waals surface area contributed by atoms with E-state index in [4.69, 9.17) is 0 Å². The molecule has 0 spiro atoms. The van der Waals surface area contributed by atoms with Gasteiger partial charge in [0, 0.05) is 22.7 Å². The first-order valence-electron chi connectivity index (χ1n) is 9.67. The molecule has 0 bridgehead atoms. The van der Waals surface area contributed by atoms with Crippen LogP contribution in [0, 0.1) is 5.92 Å². The van der Waals surface area contributed by atoms with Crippen LogP contribution in [0.5, 0.6) is 0 Å². The Morgan fingerprint density at radius 2 is 1.70 bits per heavy atom. The summed E-state index contributed by atoms with van der Waals surface area (Å²) >= 11 is 0. The van der Waals surface area contributed by atoms with Crippen molar-refractivity contribution in [3.05, 3.63) is 65.2 Å². The monoisotopic (exact) mass is 367 g/mol. The van der Waals surface area contributed by atoms with Gasteiger partial charge in [0.05, 0.1) is 0 Å². The third-order valence-corrected chi connectivity index (χ3v) is 4.94. The van der Waals surface area contributed by atoms with Crippen LogP contribution in [0.15, 0.2) is 48.5 Å². The fourth-order valence-electron chi connectivity index (χ4n) is 3.16. The Morgan fingerprint density at radius 1 is 1.04 bits per heavy atom. The molecule has 0 radical (unpaired) electrons. The summed E-state index contributed by atoms with van der Waals surface area (Å²) in [5, 5.41) is 5.05. The number of quaternary nitrogens is 1. The summed E-state index contributed by atoms with van der Waals surface area (Å²) in [6.45, 7) is 9.94. The van der Waals surface area contributed by atoms with E-state index in [9.17, 15) is 9.59 Å². The molecule has 2 atom stereocenters. The number of benzene rings is 2. The number of aryl methyl sites for hydroxylation is 1. The van der Waals surface area contributed by atoms with E-state index in [1.165, 1.54) is 18.1 Å². The molecule has 3 N–H and O–H groups in total. The van der Waals surface area contributed by atoms with Gasteiger partial charge < -0.3 is 10.6 Å². The van der Waals surface area contributed by atoms with Gasteiger partial charge in [-0.25, -0.2) is 0 Å². The van der Waals surface area contributed by atoms with Crippen LogP contribution in [-0.4, -0.2) is 17.7 Å². The quantitative estimate of drug-likeness (QED) is 0.698. The van der Waals surface area contributed by atoms with E-state index in [0.29, 0.717) is 17.2 Å². The minimum atomic E-state index is -0.246. The van der Waals surface area contributed by atoms with Gasteiger partial charge in [-0.15, -0.1) is 0 Å². The Morgan fingerprint density at radius 3 is 2.26 bits per heavy atom. The molecule has 0 aliphatic heterocycles. The van der Waals surface area contributed by atoms with Crippen LogP contribution in [0.2, 0.25) is 0 Å². The van der Waals surface area contributed by atoms with E-state index >= 15 is 0 Å². The van der Waals surface area contributed by atoms with E-state index in [0.717, 1.165) is 6.42 Å². The molecule has 0 aliphatic carbocycles. The lowest BCUT2D eigenvalue weighted by atomic mass is 9.94. The largest absolute Gasteiger partial charge is 0.330 e. The van der Waals surface area contributed by atoms with Crippen LogP contribution in [-0.2, 0) is 11.2 Å². The number of nitrogens with one attached hydrogen (secondary N) is 1. The summed E-state index contributed by atoms with van der Waals surface area (Å²) in [6, 6.07) is 15.7. The van der Waals surface area contributed by atoms with Crippen molar-refractivity contribution in [3.63, 3.8) is 0 Å². The maximum Gasteiger partial charge on any atom is 0.282 e. The van der Waals surface area contributed by atoms with Crippen molar-refractivity contribution in [1.29, 1.82) is 0 Å². The number of nitrogens with two attached hydrogens (primary N) is 1. The van der Waals surface area contributed by atoms with E-state index in [1.54, 1.807) is 24.3 Å². The zero-order valence-electron chi connectivity index (χ0n) is 17.0. The van der Waals surface area contributed by atoms with Crippen LogP contribution >= 0.6 is 0 Å². The minimum Gasteiger partial charge on any atom is -0.330 e. The molecule has 0 saturated heterocycles. The van der Waals surface area contributed by atoms with Crippen LogP contribution in [0.4, 0.5) is 5.69 Å². The number of hydrogen-bond donors (Lipinski definition) is 2. The lowest BCUT2D eigenvalue weighted by Crippen LogP contribution is -2.93. The molecule has 0 heterocycles. The standard InChI is InChI=1S/C23H30N2O2/c1-6-18-10-12-19(13-11-18)22(15(2)3)24-16(4)23(27)25-21-9-7-8-20(14-21)17(5)26/h7-16,22,24H,6H2,1-5H3,(H,25,27)/p+1/t16-,22-/m0/s1. The Hall–Kier alpha value is -2.46. The predicted octanol–water partition coefficient (Wildman–Crippen LogP) is 3.74. The highest BCUT2D eigenvalue weighted by atomic mass is 16.2. The van der Waals surface area contributed by atoms with E-state index in [2.05, 4.69) is 55.7 Å². The lowest BCUT2D eigenvalue weighted by molar-refractivity contribution is -0.718. The van der Waals surface area contributed by atoms with Gasteiger partial charge in [-0.2, -0.15) is 0 Å². The molecule has 0 fully saturated rings. The van der Waals surface area contributed by atoms with Crippen molar-refractivity contribution in [2.24, 2.45) is 5.92 Å². The first-order valence-corrected chi connectivity index (χ1v) is 9.67. The van der Waals surface area contributed by atoms with Crippen molar-refractivity contribution in [3.8, 4) is 0 Å². The number of carbonyl (C=O) groups is 2. The molecule has 27 heavy (non-hydrogen) atoms. The van der Waals surface area contributed by atoms with Crippen molar-refractivity contribution in [1.82, 2.24) is 0 Å². The van der Waals surface area contributed by atoms with Gasteiger partial charge >= 0.3 is 0 Å². The second kappa shape index (κ2) is 9.47. The Labute approximate surface area is 162 Å². The third-order valence-electron chi connectivity index (χ3n) is 4.94. The summed E-state index contributed by atoms with van der Waals surface area (Å²) < 4.78 is 0. The summed E-state index contributed by atoms with van der Waals surface area (Å²) in [5.74, 6) is 0.321. The molecule has 4 heteroatoms. The lowest BCUT2D eigenvalue weighted by Gasteiger charge is -2.23. The molecular weight excluding hydrogens is 336 g/mol. The van der Waals surface area contributed by atoms with Gasteiger partial charge in [-0.1, -0.05) is 57.2 Å². The Balaban J connectivity index is 2.07. The number of carbonyl (C=O) groups excluding carboxylic acids is 2. The van der Waals surface area contributed by atoms with Crippen molar-refractivity contribution in [2.45, 2.75) is 53.1 Å². The molecule has 0 unspecified atom stereocenters. The molecular formula is C23H31N2O2+. The van der Waals surface area contributed by atoms with Crippen LogP contribution in [0.25, 0.3) is 0 Å². The van der Waals surface area contributed by atoms with E-state index < -0.39 is 0 Å². The predicted molar refractivity (Wildman–Crippen MR) is 110 cm³/mol. The summed E-state index contributed by atoms with van der Waals surface area (Å²) in [4.78, 5) is 24.2. The maximum absolute atomic E-state index is 12.7. The summed E-state index contributed by atoms with van der Waals surface area (Å²) in [7, 11) is 0. The third kappa shape index (κ3) is 5.76. The summed E-state index contributed by atoms with van der Waals surface area (Å²) in [5.41, 5.74) is 3.81. The number of rotatable bonds is 8. The molecule has 0 aromatic heterocycles. The van der Waals surface area contributed by atoms with Crippen molar-refractivity contribution >= 4 is 17.4 Å². The van der Waals surface area contributed by atoms with E-state index in [1.807, 2.05) is 6.92 Å². The van der Waals surface area contributed by atoms with Gasteiger partial charge in [-0.3, -0.25) is 9.59 Å². The zero-order chi connectivity index (χ0) is 20.0. The number of anilines is 1. The van der Waals surface area contributed by atoms with Crippen LogP contribution < -0.4 is 10.6 Å². The average molecular weight is 368 g/mol. The Kier molecular flexibility index (Phi) is 7.31. The van der Waals surface area contributed by atoms with Crippen molar-refractivity contribution in [2.75, 3.05) is 5.32 Å². The topological polar surface area (TPSA) is 62.8 Å². The molecule has 4 nitrogen and oxygen atoms in total. The molecule has 144 valence electrons. The summed E-state index contributed by atoms with van der Waals surface area (Å²) in [6.07, 6.45) is 1.02. The number of Topliss-reactive ketones (excluding diaryl/α,β-unsaturated/α-hetero) is 1. The van der Waals surface area contributed by atoms with Gasteiger partial charge in [0.15, 0.2) is 11.8 Å². The number of hydrogen-bond acceptors (Lipinski definition) is 2. The number of amides is 1. The van der Waals surface area contributed by atoms with Crippen molar-refractivity contribution < 1.29 is 14.9 Å². The molecule has 2 aromatic rings. The first kappa shape index (κ1) is 20.8. The highest BCUT2D eigenvalue weighted by Crippen LogP contribution is 2.19. The van der Waals surface area contributed by atoms with E-state index in [-0.39, 0.29) is 23.8 Å². The average Bonchev–Trinajstić information content (AvgIpc) is 2.66. The molecule has 0 saturated carbocycles. The zero-order valence-corrected chi connectivity index (χ0v) is 17.0. The molecule has 0 aliphatic rings. The highest BCUT2D eigenvalue weighted by Gasteiger charge is 2.26. The highest BCUT2D eigenvalue weighted by molar-refractivity contribution is 5.97. The smallest absolute Gasteiger partial charge is 0.282 e. The second-order valence-electron chi connectivity index (χ2n) is 7.47.